The summed E-state index contributed by atoms with van der Waals surface area (Å²) in [5.74, 6) is -0.538. The molecule has 0 amide bonds. The van der Waals surface area contributed by atoms with E-state index < -0.39 is 5.82 Å². The van der Waals surface area contributed by atoms with Gasteiger partial charge in [0.15, 0.2) is 11.6 Å². The van der Waals surface area contributed by atoms with E-state index in [1.54, 1.807) is 24.5 Å². The molecule has 0 spiro atoms. The van der Waals surface area contributed by atoms with Crippen molar-refractivity contribution in [3.8, 4) is 17.1 Å². The molecule has 1 aliphatic heterocycles. The zero-order valence-corrected chi connectivity index (χ0v) is 13.8. The number of phenols is 1. The highest BCUT2D eigenvalue weighted by Gasteiger charge is 2.22. The number of phenolic OH excluding ortho intramolecular Hbond substituents is 1. The molecule has 4 rings (SSSR count). The minimum atomic E-state index is -0.644. The number of hydrogen-bond donors (Lipinski definition) is 2. The lowest BCUT2D eigenvalue weighted by molar-refractivity contribution is 0.238. The summed E-state index contributed by atoms with van der Waals surface area (Å²) in [6, 6.07) is 4.45. The maximum absolute atomic E-state index is 13.5. The molecular weight excluding hydrogens is 337 g/mol. The Hall–Kier alpha value is -3.13. The topological polar surface area (TPSA) is 95.0 Å². The number of rotatable bonds is 3. The molecule has 2 N–H and O–H groups in total. The molecule has 0 bridgehead atoms. The Morgan fingerprint density at radius 3 is 2.88 bits per heavy atom. The molecule has 3 aromatic rings. The van der Waals surface area contributed by atoms with E-state index in [0.29, 0.717) is 48.6 Å². The maximum Gasteiger partial charge on any atom is 0.255 e. The van der Waals surface area contributed by atoms with Crippen molar-refractivity contribution in [3.63, 3.8) is 0 Å². The lowest BCUT2D eigenvalue weighted by Crippen LogP contribution is -2.35. The second-order valence-corrected chi connectivity index (χ2v) is 6.18. The van der Waals surface area contributed by atoms with Crippen molar-refractivity contribution in [2.45, 2.75) is 19.5 Å². The number of para-hydroxylation sites is 1. The summed E-state index contributed by atoms with van der Waals surface area (Å²) in [4.78, 5) is 29.7. The molecule has 7 nitrogen and oxygen atoms in total. The molecule has 26 heavy (non-hydrogen) atoms. The van der Waals surface area contributed by atoms with E-state index in [-0.39, 0.29) is 11.3 Å². The second kappa shape index (κ2) is 6.64. The Morgan fingerprint density at radius 2 is 2.08 bits per heavy atom. The van der Waals surface area contributed by atoms with Gasteiger partial charge in [0.2, 0.25) is 0 Å². The second-order valence-electron chi connectivity index (χ2n) is 6.18. The molecule has 0 saturated carbocycles. The molecule has 8 heteroatoms. The molecule has 0 unspecified atom stereocenters. The largest absolute Gasteiger partial charge is 0.505 e. The predicted molar refractivity (Wildman–Crippen MR) is 91.8 cm³/mol. The van der Waals surface area contributed by atoms with Gasteiger partial charge in [-0.1, -0.05) is 12.1 Å². The third kappa shape index (κ3) is 3.06. The summed E-state index contributed by atoms with van der Waals surface area (Å²) in [7, 11) is 0. The lowest BCUT2D eigenvalue weighted by Gasteiger charge is -2.28. The highest BCUT2D eigenvalue weighted by atomic mass is 19.1. The van der Waals surface area contributed by atoms with Crippen molar-refractivity contribution >= 4 is 0 Å². The number of aromatic nitrogens is 4. The third-order valence-electron chi connectivity index (χ3n) is 4.45. The van der Waals surface area contributed by atoms with Crippen LogP contribution in [-0.2, 0) is 19.5 Å². The van der Waals surface area contributed by atoms with E-state index in [0.717, 1.165) is 5.69 Å². The van der Waals surface area contributed by atoms with Crippen LogP contribution in [-0.4, -0.2) is 36.5 Å². The number of hydrogen-bond acceptors (Lipinski definition) is 6. The average Bonchev–Trinajstić information content (AvgIpc) is 2.66. The standard InChI is InChI=1S/C18H16FN5O2/c19-14-3-1-2-11(16(14)25)8-24-5-4-15-13(9-24)18(26)23-17(22-15)12-6-20-10-21-7-12/h1-3,6-7,10,25H,4-5,8-9H2,(H,22,23,26). The number of H-pyrrole nitrogens is 1. The van der Waals surface area contributed by atoms with Gasteiger partial charge in [0.05, 0.1) is 16.8 Å². The van der Waals surface area contributed by atoms with Gasteiger partial charge in [0.25, 0.3) is 5.56 Å². The molecule has 2 aromatic heterocycles. The van der Waals surface area contributed by atoms with E-state index in [1.165, 1.54) is 12.4 Å². The van der Waals surface area contributed by atoms with Gasteiger partial charge in [-0.05, 0) is 6.07 Å². The van der Waals surface area contributed by atoms with Crippen LogP contribution in [0.25, 0.3) is 11.4 Å². The summed E-state index contributed by atoms with van der Waals surface area (Å²) in [6.45, 7) is 1.40. The molecule has 132 valence electrons. The first-order valence-electron chi connectivity index (χ1n) is 8.18. The van der Waals surface area contributed by atoms with Gasteiger partial charge in [0, 0.05) is 44.0 Å². The minimum absolute atomic E-state index is 0.206. The Balaban J connectivity index is 1.60. The summed E-state index contributed by atoms with van der Waals surface area (Å²) in [6.07, 6.45) is 5.20. The van der Waals surface area contributed by atoms with E-state index in [4.69, 9.17) is 0 Å². The van der Waals surface area contributed by atoms with Crippen LogP contribution in [0, 0.1) is 5.82 Å². The number of aromatic amines is 1. The number of aromatic hydroxyl groups is 1. The van der Waals surface area contributed by atoms with Crippen LogP contribution in [0.1, 0.15) is 16.8 Å². The third-order valence-corrected chi connectivity index (χ3v) is 4.45. The van der Waals surface area contributed by atoms with Gasteiger partial charge in [-0.3, -0.25) is 9.69 Å². The summed E-state index contributed by atoms with van der Waals surface area (Å²) in [5, 5.41) is 9.85. The van der Waals surface area contributed by atoms with Crippen molar-refractivity contribution in [2.75, 3.05) is 6.54 Å². The smallest absolute Gasteiger partial charge is 0.255 e. The highest BCUT2D eigenvalue weighted by Crippen LogP contribution is 2.24. The molecule has 0 fully saturated rings. The van der Waals surface area contributed by atoms with Crippen LogP contribution in [0.5, 0.6) is 5.75 Å². The van der Waals surface area contributed by atoms with Gasteiger partial charge in [-0.2, -0.15) is 0 Å². The summed E-state index contributed by atoms with van der Waals surface area (Å²) >= 11 is 0. The first-order valence-corrected chi connectivity index (χ1v) is 8.18. The van der Waals surface area contributed by atoms with Crippen LogP contribution in [0.4, 0.5) is 4.39 Å². The van der Waals surface area contributed by atoms with Crippen molar-refractivity contribution < 1.29 is 9.50 Å². The summed E-state index contributed by atoms with van der Waals surface area (Å²) in [5.41, 5.74) is 2.28. The first-order chi connectivity index (χ1) is 12.6. The van der Waals surface area contributed by atoms with Gasteiger partial charge < -0.3 is 10.1 Å². The SMILES string of the molecule is O=c1[nH]c(-c2cncnc2)nc2c1CN(Cc1cccc(F)c1O)CC2. The van der Waals surface area contributed by atoms with Gasteiger partial charge >= 0.3 is 0 Å². The predicted octanol–water partition coefficient (Wildman–Crippen LogP) is 1.63. The maximum atomic E-state index is 13.5. The fourth-order valence-electron chi connectivity index (χ4n) is 3.10. The lowest BCUT2D eigenvalue weighted by atomic mass is 10.1. The Labute approximate surface area is 148 Å². The van der Waals surface area contributed by atoms with Crippen LogP contribution < -0.4 is 5.56 Å². The van der Waals surface area contributed by atoms with Gasteiger partial charge in [0.1, 0.15) is 12.2 Å². The molecular formula is C18H16FN5O2. The quantitative estimate of drug-likeness (QED) is 0.743. The molecule has 0 aliphatic carbocycles. The van der Waals surface area contributed by atoms with Crippen molar-refractivity contribution in [1.29, 1.82) is 0 Å². The number of fused-ring (bicyclic) bond motifs is 1. The zero-order valence-electron chi connectivity index (χ0n) is 13.8. The fraction of sp³-hybridized carbons (Fsp3) is 0.222. The van der Waals surface area contributed by atoms with Crippen molar-refractivity contribution in [1.82, 2.24) is 24.8 Å². The number of halogens is 1. The molecule has 0 atom stereocenters. The number of benzene rings is 1. The van der Waals surface area contributed by atoms with Crippen LogP contribution in [0.3, 0.4) is 0 Å². The molecule has 3 heterocycles. The molecule has 0 radical (unpaired) electrons. The van der Waals surface area contributed by atoms with Crippen molar-refractivity contribution in [2.24, 2.45) is 0 Å². The minimum Gasteiger partial charge on any atom is -0.505 e. The Kier molecular flexibility index (Phi) is 4.18. The van der Waals surface area contributed by atoms with Crippen LogP contribution in [0.15, 0.2) is 41.7 Å². The van der Waals surface area contributed by atoms with E-state index in [1.807, 2.05) is 4.90 Å². The highest BCUT2D eigenvalue weighted by molar-refractivity contribution is 5.52. The Morgan fingerprint density at radius 1 is 1.27 bits per heavy atom. The molecule has 1 aromatic carbocycles. The number of nitrogens with one attached hydrogen (secondary N) is 1. The van der Waals surface area contributed by atoms with E-state index >= 15 is 0 Å². The first kappa shape index (κ1) is 16.3. The number of nitrogens with zero attached hydrogens (tertiary/aromatic N) is 4. The van der Waals surface area contributed by atoms with Crippen LogP contribution >= 0.6 is 0 Å². The average molecular weight is 353 g/mol. The van der Waals surface area contributed by atoms with Gasteiger partial charge in [-0.25, -0.2) is 19.3 Å². The van der Waals surface area contributed by atoms with Crippen molar-refractivity contribution in [3.05, 3.63) is 69.9 Å². The monoisotopic (exact) mass is 353 g/mol. The normalized spacial score (nSPS) is 14.2. The van der Waals surface area contributed by atoms with E-state index in [2.05, 4.69) is 19.9 Å². The van der Waals surface area contributed by atoms with Crippen LogP contribution in [0.2, 0.25) is 0 Å². The molecule has 1 aliphatic rings. The van der Waals surface area contributed by atoms with Gasteiger partial charge in [-0.15, -0.1) is 0 Å². The summed E-state index contributed by atoms with van der Waals surface area (Å²) < 4.78 is 13.5. The Bertz CT molecular complexity index is 1010. The zero-order chi connectivity index (χ0) is 18.1. The molecule has 0 saturated heterocycles. The fourth-order valence-corrected chi connectivity index (χ4v) is 3.10. The van der Waals surface area contributed by atoms with E-state index in [9.17, 15) is 14.3 Å².